The molecular weight excluding hydrogens is 164 g/mol. The zero-order valence-electron chi connectivity index (χ0n) is 5.82. The number of allylic oxidation sites excluding steroid dienone is 1. The molecule has 2 aliphatic rings. The smallest absolute Gasteiger partial charge is 0.117 e. The SMILES string of the molecule is Cl.NC1=CC2=CN=CCN2N1. The fourth-order valence-corrected chi connectivity index (χ4v) is 1.01. The van der Waals surface area contributed by atoms with Gasteiger partial charge < -0.3 is 5.73 Å². The summed E-state index contributed by atoms with van der Waals surface area (Å²) < 4.78 is 0. The van der Waals surface area contributed by atoms with Crippen LogP contribution in [0.5, 0.6) is 0 Å². The van der Waals surface area contributed by atoms with Gasteiger partial charge in [-0.3, -0.25) is 15.4 Å². The summed E-state index contributed by atoms with van der Waals surface area (Å²) in [5, 5.41) is 1.93. The Balaban J connectivity index is 0.000000605. The van der Waals surface area contributed by atoms with Crippen LogP contribution in [-0.4, -0.2) is 17.8 Å². The largest absolute Gasteiger partial charge is 0.384 e. The zero-order valence-corrected chi connectivity index (χ0v) is 6.64. The van der Waals surface area contributed by atoms with E-state index >= 15 is 0 Å². The molecule has 3 N–H and O–H groups in total. The summed E-state index contributed by atoms with van der Waals surface area (Å²) in [5.74, 6) is 0.678. The summed E-state index contributed by atoms with van der Waals surface area (Å²) in [6.07, 6.45) is 5.45. The van der Waals surface area contributed by atoms with Gasteiger partial charge in [0.25, 0.3) is 0 Å². The van der Waals surface area contributed by atoms with E-state index in [1.54, 1.807) is 6.20 Å². The molecule has 5 heteroatoms. The van der Waals surface area contributed by atoms with Crippen molar-refractivity contribution < 1.29 is 0 Å². The van der Waals surface area contributed by atoms with Crippen molar-refractivity contribution in [1.29, 1.82) is 0 Å². The Kier molecular flexibility index (Phi) is 2.05. The number of hydrogen-bond donors (Lipinski definition) is 2. The molecule has 0 saturated carbocycles. The van der Waals surface area contributed by atoms with E-state index in [4.69, 9.17) is 5.73 Å². The monoisotopic (exact) mass is 172 g/mol. The highest BCUT2D eigenvalue weighted by molar-refractivity contribution is 5.85. The average molecular weight is 173 g/mol. The first-order valence-electron chi connectivity index (χ1n) is 3.09. The van der Waals surface area contributed by atoms with Crippen LogP contribution in [0.3, 0.4) is 0 Å². The minimum atomic E-state index is 0. The number of hydrazine groups is 1. The molecule has 4 nitrogen and oxygen atoms in total. The van der Waals surface area contributed by atoms with Crippen LogP contribution in [0, 0.1) is 0 Å². The summed E-state index contributed by atoms with van der Waals surface area (Å²) >= 11 is 0. The van der Waals surface area contributed by atoms with Gasteiger partial charge in [-0.15, -0.1) is 12.4 Å². The van der Waals surface area contributed by atoms with Gasteiger partial charge in [0.1, 0.15) is 5.82 Å². The zero-order chi connectivity index (χ0) is 6.97. The number of nitrogens with zero attached hydrogens (tertiary/aromatic N) is 2. The Morgan fingerprint density at radius 3 is 3.18 bits per heavy atom. The van der Waals surface area contributed by atoms with Crippen LogP contribution >= 0.6 is 12.4 Å². The Hall–Kier alpha value is -1.16. The van der Waals surface area contributed by atoms with Crippen molar-refractivity contribution in [3.05, 3.63) is 23.8 Å². The van der Waals surface area contributed by atoms with Crippen LogP contribution < -0.4 is 11.2 Å². The molecule has 0 aromatic heterocycles. The summed E-state index contributed by atoms with van der Waals surface area (Å²) in [6, 6.07) is 0. The Morgan fingerprint density at radius 1 is 1.64 bits per heavy atom. The Morgan fingerprint density at radius 2 is 2.45 bits per heavy atom. The van der Waals surface area contributed by atoms with Crippen LogP contribution in [0.1, 0.15) is 0 Å². The Bertz CT molecular complexity index is 243. The second-order valence-electron chi connectivity index (χ2n) is 2.21. The average Bonchev–Trinajstić information content (AvgIpc) is 2.27. The molecule has 0 radical (unpaired) electrons. The lowest BCUT2D eigenvalue weighted by molar-refractivity contribution is 0.343. The van der Waals surface area contributed by atoms with Gasteiger partial charge in [-0.2, -0.15) is 0 Å². The van der Waals surface area contributed by atoms with Crippen molar-refractivity contribution in [2.75, 3.05) is 6.54 Å². The van der Waals surface area contributed by atoms with Crippen LogP contribution in [0.15, 0.2) is 28.8 Å². The third-order valence-electron chi connectivity index (χ3n) is 1.46. The molecular formula is C6H9ClN4. The van der Waals surface area contributed by atoms with Crippen molar-refractivity contribution in [3.8, 4) is 0 Å². The lowest BCUT2D eigenvalue weighted by atomic mass is 10.4. The van der Waals surface area contributed by atoms with Crippen molar-refractivity contribution in [1.82, 2.24) is 10.4 Å². The molecule has 0 saturated heterocycles. The highest BCUT2D eigenvalue weighted by atomic mass is 35.5. The number of halogens is 1. The number of nitrogens with two attached hydrogens (primary N) is 1. The summed E-state index contributed by atoms with van der Waals surface area (Å²) in [6.45, 7) is 0.781. The van der Waals surface area contributed by atoms with Crippen molar-refractivity contribution >= 4 is 18.6 Å². The highest BCUT2D eigenvalue weighted by Gasteiger charge is 2.15. The van der Waals surface area contributed by atoms with E-state index in [2.05, 4.69) is 10.4 Å². The summed E-state index contributed by atoms with van der Waals surface area (Å²) in [4.78, 5) is 3.99. The predicted molar refractivity (Wildman–Crippen MR) is 45.9 cm³/mol. The number of aliphatic imine (C=N–C) groups is 1. The second kappa shape index (κ2) is 2.84. The van der Waals surface area contributed by atoms with Gasteiger partial charge in [0, 0.05) is 12.3 Å². The van der Waals surface area contributed by atoms with Gasteiger partial charge >= 0.3 is 0 Å². The maximum absolute atomic E-state index is 5.51. The van der Waals surface area contributed by atoms with Gasteiger partial charge in [0.15, 0.2) is 0 Å². The van der Waals surface area contributed by atoms with Crippen LogP contribution in [-0.2, 0) is 0 Å². The van der Waals surface area contributed by atoms with Gasteiger partial charge in [-0.1, -0.05) is 0 Å². The summed E-state index contributed by atoms with van der Waals surface area (Å²) in [5.41, 5.74) is 9.50. The molecule has 0 unspecified atom stereocenters. The molecule has 0 aromatic rings. The fraction of sp³-hybridized carbons (Fsp3) is 0.167. The standard InChI is InChI=1S/C6H8N4.ClH/c7-6-3-5-4-8-1-2-10(5)9-6;/h1,3-4,9H,2,7H2;1H. The number of nitrogens with one attached hydrogen (secondary N) is 1. The quantitative estimate of drug-likeness (QED) is 0.539. The van der Waals surface area contributed by atoms with Gasteiger partial charge in [0.2, 0.25) is 0 Å². The minimum Gasteiger partial charge on any atom is -0.384 e. The van der Waals surface area contributed by atoms with E-state index in [-0.39, 0.29) is 12.4 Å². The van der Waals surface area contributed by atoms with Gasteiger partial charge in [-0.25, -0.2) is 0 Å². The minimum absolute atomic E-state index is 0. The first-order valence-corrected chi connectivity index (χ1v) is 3.09. The maximum Gasteiger partial charge on any atom is 0.117 e. The Labute approximate surface area is 70.8 Å². The number of hydrogen-bond acceptors (Lipinski definition) is 4. The van der Waals surface area contributed by atoms with Crippen LogP contribution in [0.4, 0.5) is 0 Å². The lowest BCUT2D eigenvalue weighted by Gasteiger charge is -2.19. The molecule has 11 heavy (non-hydrogen) atoms. The molecule has 0 bridgehead atoms. The van der Waals surface area contributed by atoms with Crippen molar-refractivity contribution in [3.63, 3.8) is 0 Å². The third kappa shape index (κ3) is 1.30. The third-order valence-corrected chi connectivity index (χ3v) is 1.46. The molecule has 0 amide bonds. The molecule has 0 aromatic carbocycles. The molecule has 0 atom stereocenters. The molecule has 2 aliphatic heterocycles. The van der Waals surface area contributed by atoms with E-state index in [0.29, 0.717) is 5.82 Å². The molecule has 60 valence electrons. The summed E-state index contributed by atoms with van der Waals surface area (Å²) in [7, 11) is 0. The van der Waals surface area contributed by atoms with E-state index in [1.807, 2.05) is 17.3 Å². The highest BCUT2D eigenvalue weighted by Crippen LogP contribution is 2.12. The van der Waals surface area contributed by atoms with Crippen molar-refractivity contribution in [2.24, 2.45) is 10.7 Å². The molecule has 0 aliphatic carbocycles. The normalized spacial score (nSPS) is 19.5. The van der Waals surface area contributed by atoms with Gasteiger partial charge in [-0.05, 0) is 0 Å². The first-order chi connectivity index (χ1) is 4.86. The maximum atomic E-state index is 5.51. The van der Waals surface area contributed by atoms with E-state index < -0.39 is 0 Å². The predicted octanol–water partition coefficient (Wildman–Crippen LogP) is -0.0457. The molecule has 0 fully saturated rings. The van der Waals surface area contributed by atoms with E-state index in [1.165, 1.54) is 0 Å². The van der Waals surface area contributed by atoms with Crippen molar-refractivity contribution in [2.45, 2.75) is 0 Å². The van der Waals surface area contributed by atoms with Crippen LogP contribution in [0.25, 0.3) is 0 Å². The molecule has 2 rings (SSSR count). The van der Waals surface area contributed by atoms with Crippen LogP contribution in [0.2, 0.25) is 0 Å². The molecule has 0 spiro atoms. The topological polar surface area (TPSA) is 53.6 Å². The first kappa shape index (κ1) is 7.94. The number of fused-ring (bicyclic) bond motifs is 1. The van der Waals surface area contributed by atoms with Gasteiger partial charge in [0.05, 0.1) is 18.4 Å². The number of rotatable bonds is 0. The lowest BCUT2D eigenvalue weighted by Crippen LogP contribution is -2.35. The fourth-order valence-electron chi connectivity index (χ4n) is 1.01. The van der Waals surface area contributed by atoms with E-state index in [0.717, 1.165) is 12.2 Å². The van der Waals surface area contributed by atoms with E-state index in [9.17, 15) is 0 Å². The second-order valence-corrected chi connectivity index (χ2v) is 2.21. The molecule has 2 heterocycles.